The number of hydrogen-bond donors (Lipinski definition) is 0. The number of nitrogens with zero attached hydrogens (tertiary/aromatic N) is 2. The zero-order chi connectivity index (χ0) is 16.8. The highest BCUT2D eigenvalue weighted by molar-refractivity contribution is 6.30. The lowest BCUT2D eigenvalue weighted by molar-refractivity contribution is -0.386. The van der Waals surface area contributed by atoms with Gasteiger partial charge in [0.15, 0.2) is 0 Å². The SMILES string of the molecule is Cc1c([N+](=O)[O-])ccc(=O)n1CCCCOc1ccc(Cl)cc1. The van der Waals surface area contributed by atoms with E-state index in [1.54, 1.807) is 31.2 Å². The van der Waals surface area contributed by atoms with E-state index in [0.29, 0.717) is 30.3 Å². The van der Waals surface area contributed by atoms with Crippen molar-refractivity contribution in [3.63, 3.8) is 0 Å². The molecule has 0 fully saturated rings. The maximum Gasteiger partial charge on any atom is 0.288 e. The number of rotatable bonds is 7. The maximum absolute atomic E-state index is 11.8. The number of halogens is 1. The number of aromatic nitrogens is 1. The molecule has 7 heteroatoms. The molecule has 0 saturated heterocycles. The molecule has 1 aromatic carbocycles. The van der Waals surface area contributed by atoms with Crippen molar-refractivity contribution in [3.05, 3.63) is 67.6 Å². The molecule has 2 aromatic rings. The third kappa shape index (κ3) is 4.56. The third-order valence-electron chi connectivity index (χ3n) is 3.48. The fraction of sp³-hybridized carbons (Fsp3) is 0.312. The van der Waals surface area contributed by atoms with E-state index in [1.165, 1.54) is 16.7 Å². The van der Waals surface area contributed by atoms with Crippen molar-refractivity contribution in [1.82, 2.24) is 4.57 Å². The molecule has 122 valence electrons. The van der Waals surface area contributed by atoms with Gasteiger partial charge in [-0.15, -0.1) is 0 Å². The summed E-state index contributed by atoms with van der Waals surface area (Å²) < 4.78 is 7.00. The Labute approximate surface area is 138 Å². The summed E-state index contributed by atoms with van der Waals surface area (Å²) in [6, 6.07) is 9.56. The molecule has 0 radical (unpaired) electrons. The van der Waals surface area contributed by atoms with Crippen LogP contribution in [0, 0.1) is 17.0 Å². The molecular formula is C16H17ClN2O4. The lowest BCUT2D eigenvalue weighted by Crippen LogP contribution is -2.22. The van der Waals surface area contributed by atoms with Gasteiger partial charge in [-0.3, -0.25) is 14.9 Å². The Hall–Kier alpha value is -2.34. The molecule has 6 nitrogen and oxygen atoms in total. The Kier molecular flexibility index (Phi) is 5.76. The van der Waals surface area contributed by atoms with Crippen molar-refractivity contribution in [2.24, 2.45) is 0 Å². The molecule has 23 heavy (non-hydrogen) atoms. The Morgan fingerprint density at radius 1 is 1.17 bits per heavy atom. The first-order chi connectivity index (χ1) is 11.0. The topological polar surface area (TPSA) is 74.4 Å². The second-order valence-corrected chi connectivity index (χ2v) is 5.50. The maximum atomic E-state index is 11.8. The summed E-state index contributed by atoms with van der Waals surface area (Å²) in [5, 5.41) is 11.6. The molecule has 0 spiro atoms. The van der Waals surface area contributed by atoms with Crippen LogP contribution < -0.4 is 10.3 Å². The van der Waals surface area contributed by atoms with Gasteiger partial charge >= 0.3 is 0 Å². The minimum Gasteiger partial charge on any atom is -0.494 e. The third-order valence-corrected chi connectivity index (χ3v) is 3.73. The lowest BCUT2D eigenvalue weighted by atomic mass is 10.2. The van der Waals surface area contributed by atoms with E-state index in [1.807, 2.05) is 0 Å². The van der Waals surface area contributed by atoms with E-state index in [9.17, 15) is 14.9 Å². The van der Waals surface area contributed by atoms with Crippen molar-refractivity contribution in [2.75, 3.05) is 6.61 Å². The lowest BCUT2D eigenvalue weighted by Gasteiger charge is -2.10. The van der Waals surface area contributed by atoms with Gasteiger partial charge in [0.2, 0.25) is 0 Å². The van der Waals surface area contributed by atoms with Crippen molar-refractivity contribution in [1.29, 1.82) is 0 Å². The molecule has 1 aromatic heterocycles. The Morgan fingerprint density at radius 2 is 1.87 bits per heavy atom. The van der Waals surface area contributed by atoms with E-state index in [-0.39, 0.29) is 11.2 Å². The first-order valence-electron chi connectivity index (χ1n) is 7.22. The zero-order valence-corrected chi connectivity index (χ0v) is 13.5. The number of unbranched alkanes of at least 4 members (excludes halogenated alkanes) is 1. The molecular weight excluding hydrogens is 320 g/mol. The molecule has 0 aliphatic carbocycles. The molecule has 0 aliphatic heterocycles. The number of ether oxygens (including phenoxy) is 1. The molecule has 0 aliphatic rings. The van der Waals surface area contributed by atoms with Crippen LogP contribution in [0.25, 0.3) is 0 Å². The molecule has 0 atom stereocenters. The summed E-state index contributed by atoms with van der Waals surface area (Å²) >= 11 is 5.79. The summed E-state index contributed by atoms with van der Waals surface area (Å²) in [6.07, 6.45) is 1.42. The van der Waals surface area contributed by atoms with Gasteiger partial charge in [-0.1, -0.05) is 11.6 Å². The van der Waals surface area contributed by atoms with Gasteiger partial charge in [0, 0.05) is 23.7 Å². The zero-order valence-electron chi connectivity index (χ0n) is 12.7. The average Bonchev–Trinajstić information content (AvgIpc) is 2.51. The van der Waals surface area contributed by atoms with Gasteiger partial charge in [0.1, 0.15) is 5.75 Å². The standard InChI is InChI=1S/C16H17ClN2O4/c1-12-15(19(21)22)8-9-16(20)18(12)10-2-3-11-23-14-6-4-13(17)5-7-14/h4-9H,2-3,10-11H2,1H3. The van der Waals surface area contributed by atoms with Gasteiger partial charge in [0.25, 0.3) is 11.2 Å². The quantitative estimate of drug-likeness (QED) is 0.440. The highest BCUT2D eigenvalue weighted by Crippen LogP contribution is 2.17. The van der Waals surface area contributed by atoms with E-state index >= 15 is 0 Å². The van der Waals surface area contributed by atoms with E-state index in [2.05, 4.69) is 0 Å². The molecule has 0 amide bonds. The van der Waals surface area contributed by atoms with Crippen LogP contribution in [0.1, 0.15) is 18.5 Å². The highest BCUT2D eigenvalue weighted by atomic mass is 35.5. The second-order valence-electron chi connectivity index (χ2n) is 5.06. The summed E-state index contributed by atoms with van der Waals surface area (Å²) in [7, 11) is 0. The van der Waals surface area contributed by atoms with Crippen LogP contribution in [0.5, 0.6) is 5.75 Å². The second kappa shape index (κ2) is 7.78. The summed E-state index contributed by atoms with van der Waals surface area (Å²) in [4.78, 5) is 22.3. The van der Waals surface area contributed by atoms with Crippen LogP contribution in [0.3, 0.4) is 0 Å². The molecule has 0 unspecified atom stereocenters. The highest BCUT2D eigenvalue weighted by Gasteiger charge is 2.14. The average molecular weight is 337 g/mol. The van der Waals surface area contributed by atoms with Crippen molar-refractivity contribution in [3.8, 4) is 5.75 Å². The van der Waals surface area contributed by atoms with Gasteiger partial charge < -0.3 is 9.30 Å². The molecule has 2 rings (SSSR count). The van der Waals surface area contributed by atoms with Crippen molar-refractivity contribution < 1.29 is 9.66 Å². The van der Waals surface area contributed by atoms with Gasteiger partial charge in [-0.05, 0) is 44.0 Å². The van der Waals surface area contributed by atoms with Gasteiger partial charge in [-0.2, -0.15) is 0 Å². The smallest absolute Gasteiger partial charge is 0.288 e. The first-order valence-corrected chi connectivity index (χ1v) is 7.60. The van der Waals surface area contributed by atoms with Crippen LogP contribution in [0.4, 0.5) is 5.69 Å². The molecule has 0 saturated carbocycles. The van der Waals surface area contributed by atoms with Gasteiger partial charge in [-0.25, -0.2) is 0 Å². The Morgan fingerprint density at radius 3 is 2.52 bits per heavy atom. The van der Waals surface area contributed by atoms with Crippen LogP contribution >= 0.6 is 11.6 Å². The van der Waals surface area contributed by atoms with E-state index in [0.717, 1.165) is 12.2 Å². The van der Waals surface area contributed by atoms with Crippen LogP contribution in [-0.4, -0.2) is 16.1 Å². The Bertz CT molecular complexity index is 741. The van der Waals surface area contributed by atoms with Crippen molar-refractivity contribution >= 4 is 17.3 Å². The number of nitro groups is 1. The normalized spacial score (nSPS) is 10.5. The van der Waals surface area contributed by atoms with Crippen LogP contribution in [-0.2, 0) is 6.54 Å². The number of pyridine rings is 1. The predicted octanol–water partition coefficient (Wildman–Crippen LogP) is 3.58. The summed E-state index contributed by atoms with van der Waals surface area (Å²) in [6.45, 7) is 2.52. The van der Waals surface area contributed by atoms with Crippen molar-refractivity contribution in [2.45, 2.75) is 26.3 Å². The molecule has 0 bridgehead atoms. The monoisotopic (exact) mass is 336 g/mol. The summed E-state index contributed by atoms with van der Waals surface area (Å²) in [5.74, 6) is 0.734. The van der Waals surface area contributed by atoms with Gasteiger partial charge in [0.05, 0.1) is 17.2 Å². The van der Waals surface area contributed by atoms with E-state index in [4.69, 9.17) is 16.3 Å². The fourth-order valence-corrected chi connectivity index (χ4v) is 2.35. The first kappa shape index (κ1) is 17.0. The predicted molar refractivity (Wildman–Crippen MR) is 88.3 cm³/mol. The minimum atomic E-state index is -0.477. The number of benzene rings is 1. The number of hydrogen-bond acceptors (Lipinski definition) is 4. The van der Waals surface area contributed by atoms with Crippen LogP contribution in [0.15, 0.2) is 41.2 Å². The fourth-order valence-electron chi connectivity index (χ4n) is 2.23. The molecule has 1 heterocycles. The van der Waals surface area contributed by atoms with Crippen LogP contribution in [0.2, 0.25) is 5.02 Å². The Balaban J connectivity index is 1.87. The molecule has 0 N–H and O–H groups in total. The van der Waals surface area contributed by atoms with E-state index < -0.39 is 4.92 Å². The minimum absolute atomic E-state index is 0.0398. The largest absolute Gasteiger partial charge is 0.494 e. The summed E-state index contributed by atoms with van der Waals surface area (Å²) in [5.41, 5.74) is 0.106.